The second-order valence-electron chi connectivity index (χ2n) is 4.32. The lowest BCUT2D eigenvalue weighted by Gasteiger charge is -2.16. The number of amides is 1. The Labute approximate surface area is 107 Å². The Balaban J connectivity index is 2.47. The minimum absolute atomic E-state index is 0.205. The van der Waals surface area contributed by atoms with Crippen molar-refractivity contribution in [3.8, 4) is 6.07 Å². The lowest BCUT2D eigenvalue weighted by atomic mass is 10.1. The van der Waals surface area contributed by atoms with Gasteiger partial charge in [-0.1, -0.05) is 0 Å². The van der Waals surface area contributed by atoms with Crippen LogP contribution in [0.15, 0.2) is 24.3 Å². The second kappa shape index (κ2) is 6.74. The molecule has 0 bridgehead atoms. The van der Waals surface area contributed by atoms with Gasteiger partial charge in [0.1, 0.15) is 0 Å². The Morgan fingerprint density at radius 3 is 2.56 bits per heavy atom. The summed E-state index contributed by atoms with van der Waals surface area (Å²) in [6.07, 6.45) is -0.595. The number of carbonyl (C=O) groups excluding carboxylic acids is 1. The molecular weight excluding hydrogens is 230 g/mol. The Hall–Kier alpha value is -1.90. The van der Waals surface area contributed by atoms with E-state index < -0.39 is 6.10 Å². The molecule has 1 aromatic rings. The maximum atomic E-state index is 11.7. The third kappa shape index (κ3) is 4.53. The quantitative estimate of drug-likeness (QED) is 0.780. The SMILES string of the molecule is CN(C)C[C@H](O)CNC(=O)c1ccc(C#N)cc1. The standard InChI is InChI=1S/C13H17N3O2/c1-16(2)9-12(17)8-15-13(18)11-5-3-10(7-14)4-6-11/h3-6,12,17H,8-9H2,1-2H3,(H,15,18)/t12-/m1/s1. The molecule has 0 aromatic heterocycles. The van der Waals surface area contributed by atoms with Crippen molar-refractivity contribution >= 4 is 5.91 Å². The largest absolute Gasteiger partial charge is 0.390 e. The fourth-order valence-electron chi connectivity index (χ4n) is 1.49. The number of nitrogens with one attached hydrogen (secondary N) is 1. The van der Waals surface area contributed by atoms with Crippen molar-refractivity contribution in [1.82, 2.24) is 10.2 Å². The zero-order valence-electron chi connectivity index (χ0n) is 10.6. The molecule has 96 valence electrons. The molecule has 0 aliphatic rings. The number of benzene rings is 1. The monoisotopic (exact) mass is 247 g/mol. The Bertz CT molecular complexity index is 435. The van der Waals surface area contributed by atoms with Gasteiger partial charge in [-0.05, 0) is 38.4 Å². The molecule has 18 heavy (non-hydrogen) atoms. The summed E-state index contributed by atoms with van der Waals surface area (Å²) in [7, 11) is 3.71. The van der Waals surface area contributed by atoms with Gasteiger partial charge in [0.25, 0.3) is 5.91 Å². The van der Waals surface area contributed by atoms with Gasteiger partial charge in [0.05, 0.1) is 17.7 Å². The maximum Gasteiger partial charge on any atom is 0.251 e. The van der Waals surface area contributed by atoms with Crippen molar-refractivity contribution in [2.75, 3.05) is 27.2 Å². The van der Waals surface area contributed by atoms with E-state index in [0.29, 0.717) is 17.7 Å². The highest BCUT2D eigenvalue weighted by molar-refractivity contribution is 5.94. The first-order valence-electron chi connectivity index (χ1n) is 5.64. The van der Waals surface area contributed by atoms with Gasteiger partial charge in [-0.3, -0.25) is 4.79 Å². The van der Waals surface area contributed by atoms with E-state index in [9.17, 15) is 9.90 Å². The predicted octanol–water partition coefficient (Wildman–Crippen LogP) is 0.211. The van der Waals surface area contributed by atoms with Crippen LogP contribution in [-0.4, -0.2) is 49.2 Å². The molecule has 5 nitrogen and oxygen atoms in total. The topological polar surface area (TPSA) is 76.4 Å². The zero-order valence-corrected chi connectivity index (χ0v) is 10.6. The van der Waals surface area contributed by atoms with Gasteiger partial charge < -0.3 is 15.3 Å². The van der Waals surface area contributed by atoms with Crippen molar-refractivity contribution in [3.63, 3.8) is 0 Å². The predicted molar refractivity (Wildman–Crippen MR) is 68.1 cm³/mol. The van der Waals surface area contributed by atoms with E-state index in [1.54, 1.807) is 24.3 Å². The molecule has 0 fully saturated rings. The summed E-state index contributed by atoms with van der Waals surface area (Å²) in [6.45, 7) is 0.699. The van der Waals surface area contributed by atoms with E-state index in [0.717, 1.165) is 0 Å². The first-order chi connectivity index (χ1) is 8.52. The van der Waals surface area contributed by atoms with Crippen molar-refractivity contribution in [1.29, 1.82) is 5.26 Å². The van der Waals surface area contributed by atoms with Crippen molar-refractivity contribution in [2.45, 2.75) is 6.10 Å². The molecule has 0 unspecified atom stereocenters. The van der Waals surface area contributed by atoms with Crippen LogP contribution in [0.5, 0.6) is 0 Å². The summed E-state index contributed by atoms with van der Waals surface area (Å²) in [5.74, 6) is -0.253. The summed E-state index contributed by atoms with van der Waals surface area (Å²) in [5, 5.41) is 20.9. The average Bonchev–Trinajstić information content (AvgIpc) is 2.35. The summed E-state index contributed by atoms with van der Waals surface area (Å²) in [6, 6.07) is 8.34. The molecule has 0 saturated carbocycles. The molecule has 0 radical (unpaired) electrons. The van der Waals surface area contributed by atoms with Gasteiger partial charge in [0, 0.05) is 18.7 Å². The number of nitriles is 1. The first-order valence-corrected chi connectivity index (χ1v) is 5.64. The third-order valence-corrected chi connectivity index (χ3v) is 2.35. The van der Waals surface area contributed by atoms with Crippen LogP contribution in [0.3, 0.4) is 0 Å². The molecule has 1 rings (SSSR count). The Morgan fingerprint density at radius 2 is 2.06 bits per heavy atom. The fourth-order valence-corrected chi connectivity index (χ4v) is 1.49. The highest BCUT2D eigenvalue weighted by Gasteiger charge is 2.09. The number of nitrogens with zero attached hydrogens (tertiary/aromatic N) is 2. The van der Waals surface area contributed by atoms with Crippen molar-refractivity contribution in [2.24, 2.45) is 0 Å². The van der Waals surface area contributed by atoms with Crippen LogP contribution in [0.4, 0.5) is 0 Å². The number of carbonyl (C=O) groups is 1. The zero-order chi connectivity index (χ0) is 13.5. The summed E-state index contributed by atoms with van der Waals surface area (Å²) in [4.78, 5) is 13.6. The van der Waals surface area contributed by atoms with Crippen LogP contribution in [0.2, 0.25) is 0 Å². The van der Waals surface area contributed by atoms with Gasteiger partial charge in [0.15, 0.2) is 0 Å². The fraction of sp³-hybridized carbons (Fsp3) is 0.385. The van der Waals surface area contributed by atoms with Gasteiger partial charge >= 0.3 is 0 Å². The van der Waals surface area contributed by atoms with Crippen molar-refractivity contribution in [3.05, 3.63) is 35.4 Å². The molecule has 5 heteroatoms. The normalized spacial score (nSPS) is 11.9. The van der Waals surface area contributed by atoms with Crippen LogP contribution < -0.4 is 5.32 Å². The number of rotatable bonds is 5. The van der Waals surface area contributed by atoms with Gasteiger partial charge in [-0.2, -0.15) is 5.26 Å². The minimum atomic E-state index is -0.595. The summed E-state index contributed by atoms with van der Waals surface area (Å²) >= 11 is 0. The van der Waals surface area contributed by atoms with Crippen LogP contribution in [0.25, 0.3) is 0 Å². The number of hydrogen-bond acceptors (Lipinski definition) is 4. The highest BCUT2D eigenvalue weighted by Crippen LogP contribution is 2.03. The smallest absolute Gasteiger partial charge is 0.251 e. The van der Waals surface area contributed by atoms with Crippen molar-refractivity contribution < 1.29 is 9.90 Å². The second-order valence-corrected chi connectivity index (χ2v) is 4.32. The molecule has 0 aliphatic carbocycles. The molecular formula is C13H17N3O2. The molecule has 2 N–H and O–H groups in total. The first kappa shape index (κ1) is 14.2. The third-order valence-electron chi connectivity index (χ3n) is 2.35. The van der Waals surface area contributed by atoms with Gasteiger partial charge in [-0.15, -0.1) is 0 Å². The molecule has 1 amide bonds. The highest BCUT2D eigenvalue weighted by atomic mass is 16.3. The summed E-state index contributed by atoms with van der Waals surface area (Å²) < 4.78 is 0. The average molecular weight is 247 g/mol. The van der Waals surface area contributed by atoms with E-state index in [2.05, 4.69) is 5.32 Å². The van der Waals surface area contributed by atoms with Crippen LogP contribution >= 0.6 is 0 Å². The lowest BCUT2D eigenvalue weighted by Crippen LogP contribution is -2.37. The van der Waals surface area contributed by atoms with Crippen LogP contribution in [0.1, 0.15) is 15.9 Å². The van der Waals surface area contributed by atoms with E-state index in [4.69, 9.17) is 5.26 Å². The Morgan fingerprint density at radius 1 is 1.44 bits per heavy atom. The summed E-state index contributed by atoms with van der Waals surface area (Å²) in [5.41, 5.74) is 0.991. The van der Waals surface area contributed by atoms with E-state index >= 15 is 0 Å². The van der Waals surface area contributed by atoms with E-state index in [1.807, 2.05) is 25.1 Å². The lowest BCUT2D eigenvalue weighted by molar-refractivity contribution is 0.0892. The van der Waals surface area contributed by atoms with Crippen LogP contribution in [0, 0.1) is 11.3 Å². The number of aliphatic hydroxyl groups is 1. The van der Waals surface area contributed by atoms with E-state index in [-0.39, 0.29) is 12.5 Å². The minimum Gasteiger partial charge on any atom is -0.390 e. The molecule has 0 heterocycles. The number of hydrogen-bond donors (Lipinski definition) is 2. The van der Waals surface area contributed by atoms with E-state index in [1.165, 1.54) is 0 Å². The van der Waals surface area contributed by atoms with Crippen LogP contribution in [-0.2, 0) is 0 Å². The molecule has 1 aromatic carbocycles. The number of likely N-dealkylation sites (N-methyl/N-ethyl adjacent to an activating group) is 1. The Kier molecular flexibility index (Phi) is 5.31. The maximum absolute atomic E-state index is 11.7. The van der Waals surface area contributed by atoms with Gasteiger partial charge in [0.2, 0.25) is 0 Å². The molecule has 0 saturated heterocycles. The van der Waals surface area contributed by atoms with Gasteiger partial charge in [-0.25, -0.2) is 0 Å². The number of aliphatic hydroxyl groups excluding tert-OH is 1. The molecule has 0 spiro atoms. The molecule has 1 atom stereocenters. The molecule has 0 aliphatic heterocycles.